The van der Waals surface area contributed by atoms with Gasteiger partial charge in [-0.3, -0.25) is 4.90 Å². The van der Waals surface area contributed by atoms with Gasteiger partial charge in [-0.25, -0.2) is 9.78 Å². The fourth-order valence-corrected chi connectivity index (χ4v) is 8.21. The van der Waals surface area contributed by atoms with E-state index < -0.39 is 23.4 Å². The van der Waals surface area contributed by atoms with Crippen molar-refractivity contribution in [2.45, 2.75) is 57.6 Å². The van der Waals surface area contributed by atoms with Gasteiger partial charge in [0.05, 0.1) is 36.0 Å². The summed E-state index contributed by atoms with van der Waals surface area (Å²) in [5, 5.41) is 10.1. The van der Waals surface area contributed by atoms with Gasteiger partial charge in [-0.15, -0.1) is 0 Å². The first kappa shape index (κ1) is 41.6. The number of pyridine rings is 1. The third-order valence-electron chi connectivity index (χ3n) is 11.1. The van der Waals surface area contributed by atoms with E-state index in [2.05, 4.69) is 4.90 Å². The van der Waals surface area contributed by atoms with Crippen LogP contribution in [0.4, 0.5) is 29.6 Å². The van der Waals surface area contributed by atoms with Crippen molar-refractivity contribution in [1.29, 1.82) is 0 Å². The van der Waals surface area contributed by atoms with Crippen molar-refractivity contribution >= 4 is 40.2 Å². The number of piperazine rings is 1. The largest absolute Gasteiger partial charge is 0.497 e. The molecule has 1 N–H and O–H groups in total. The zero-order chi connectivity index (χ0) is 42.1. The minimum absolute atomic E-state index is 0.0140. The van der Waals surface area contributed by atoms with Crippen LogP contribution in [0.1, 0.15) is 43.4 Å². The summed E-state index contributed by atoms with van der Waals surface area (Å²) in [5.41, 5.74) is 0.0686. The maximum Gasteiger partial charge on any atom is 0.418 e. The van der Waals surface area contributed by atoms with E-state index in [1.807, 2.05) is 79.2 Å². The second-order valence-corrected chi connectivity index (χ2v) is 15.8. The number of likely N-dealkylation sites (tertiary alicyclic amines) is 1. The number of aromatic nitrogens is 3. The summed E-state index contributed by atoms with van der Waals surface area (Å²) < 4.78 is 62.1. The molecule has 2 saturated heterocycles. The summed E-state index contributed by atoms with van der Waals surface area (Å²) in [7, 11) is 5.20. The Bertz CT molecular complexity index is 2240. The lowest BCUT2D eigenvalue weighted by Crippen LogP contribution is -2.49. The predicted molar refractivity (Wildman–Crippen MR) is 221 cm³/mol. The van der Waals surface area contributed by atoms with E-state index in [4.69, 9.17) is 40.8 Å². The molecule has 5 aromatic rings. The minimum atomic E-state index is -4.78. The number of amides is 1. The van der Waals surface area contributed by atoms with Gasteiger partial charge in [-0.1, -0.05) is 35.9 Å². The van der Waals surface area contributed by atoms with E-state index in [0.29, 0.717) is 60.2 Å². The summed E-state index contributed by atoms with van der Waals surface area (Å²) in [5.74, 6) is 2.09. The van der Waals surface area contributed by atoms with Crippen LogP contribution in [0, 0.1) is 0 Å². The molecule has 0 spiro atoms. The molecule has 0 bridgehead atoms. The van der Waals surface area contributed by atoms with Crippen LogP contribution >= 0.6 is 11.6 Å². The highest BCUT2D eigenvalue weighted by atomic mass is 35.5. The number of hydrogen-bond donors (Lipinski definition) is 1. The number of alkyl halides is 3. The number of rotatable bonds is 12. The predicted octanol–water partition coefficient (Wildman–Crippen LogP) is 8.64. The molecule has 1 amide bonds. The average molecular weight is 834 g/mol. The molecular formula is C43H47ClF3N7O5. The van der Waals surface area contributed by atoms with Crippen molar-refractivity contribution in [1.82, 2.24) is 24.8 Å². The number of nitrogens with zero attached hydrogens (tertiary/aromatic N) is 7. The van der Waals surface area contributed by atoms with Crippen molar-refractivity contribution < 1.29 is 37.3 Å². The third-order valence-corrected chi connectivity index (χ3v) is 11.4. The van der Waals surface area contributed by atoms with E-state index in [-0.39, 0.29) is 41.4 Å². The second-order valence-electron chi connectivity index (χ2n) is 15.4. The molecule has 2 aromatic heterocycles. The van der Waals surface area contributed by atoms with Crippen LogP contribution in [0.25, 0.3) is 22.2 Å². The number of methoxy groups -OCH3 is 2. The Morgan fingerprint density at radius 2 is 1.47 bits per heavy atom. The Kier molecular flexibility index (Phi) is 12.0. The molecule has 0 aliphatic carbocycles. The number of likely N-dealkylation sites (N-methyl/N-ethyl adjacent to an activating group) is 1. The van der Waals surface area contributed by atoms with E-state index >= 15 is 0 Å². The number of hydrogen-bond acceptors (Lipinski definition) is 10. The molecule has 16 heteroatoms. The standard InChI is InChI=1S/C43H47ClF3N7O5/c1-42(2,36-7-6-18-51(36)3)59-40-48-35-24-31(34(44)23-32(35)39(50-40)52-19-21-53(22-20-52)41(55)56)38-33(43(45,46)47)16-17-37(49-38)54(25-27-8-12-29(57-4)13-9-27)26-28-10-14-30(58-5)15-11-28/h8-17,23-24,36H,6-7,18-22,25-26H2,1-5H3,(H,55,56). The quantitative estimate of drug-likeness (QED) is 0.130. The molecule has 312 valence electrons. The number of ether oxygens (including phenoxy) is 3. The summed E-state index contributed by atoms with van der Waals surface area (Å²) in [6, 6.07) is 20.5. The Labute approximate surface area is 346 Å². The molecule has 0 saturated carbocycles. The number of halogens is 4. The molecule has 12 nitrogen and oxygen atoms in total. The van der Waals surface area contributed by atoms with Gasteiger partial charge < -0.3 is 34.0 Å². The van der Waals surface area contributed by atoms with Crippen LogP contribution in [-0.2, 0) is 19.3 Å². The van der Waals surface area contributed by atoms with Gasteiger partial charge in [0.1, 0.15) is 28.7 Å². The van der Waals surface area contributed by atoms with Crippen molar-refractivity contribution in [3.63, 3.8) is 0 Å². The molecule has 2 aliphatic rings. The molecule has 1 unspecified atom stereocenters. The topological polar surface area (TPSA) is 117 Å². The van der Waals surface area contributed by atoms with Crippen LogP contribution in [0.3, 0.4) is 0 Å². The SMILES string of the molecule is COc1ccc(CN(Cc2ccc(OC)cc2)c2ccc(C(F)(F)F)c(-c3cc4nc(OC(C)(C)C5CCCN5C)nc(N5CCN(C(=O)O)CC5)c4cc3Cl)n2)cc1. The first-order valence-electron chi connectivity index (χ1n) is 19.4. The van der Waals surface area contributed by atoms with Crippen molar-refractivity contribution in [2.24, 2.45) is 0 Å². The highest BCUT2D eigenvalue weighted by Gasteiger charge is 2.39. The van der Waals surface area contributed by atoms with E-state index in [1.165, 1.54) is 17.0 Å². The molecule has 2 fully saturated rings. The lowest BCUT2D eigenvalue weighted by Gasteiger charge is -2.36. The Morgan fingerprint density at radius 1 is 0.864 bits per heavy atom. The molecule has 1 atom stereocenters. The summed E-state index contributed by atoms with van der Waals surface area (Å²) in [4.78, 5) is 33.5. The lowest BCUT2D eigenvalue weighted by atomic mass is 9.96. The van der Waals surface area contributed by atoms with Crippen LogP contribution in [0.5, 0.6) is 17.5 Å². The van der Waals surface area contributed by atoms with E-state index in [0.717, 1.165) is 36.6 Å². The monoisotopic (exact) mass is 833 g/mol. The number of carbonyl (C=O) groups is 1. The fourth-order valence-electron chi connectivity index (χ4n) is 7.96. The van der Waals surface area contributed by atoms with Gasteiger partial charge in [0.25, 0.3) is 0 Å². The van der Waals surface area contributed by atoms with Crippen molar-refractivity contribution in [2.75, 3.05) is 63.8 Å². The maximum absolute atomic E-state index is 15.0. The van der Waals surface area contributed by atoms with Crippen LogP contribution < -0.4 is 24.0 Å². The maximum atomic E-state index is 15.0. The van der Waals surface area contributed by atoms with E-state index in [1.54, 1.807) is 20.3 Å². The Hall–Kier alpha value is -5.54. The first-order chi connectivity index (χ1) is 28.1. The Balaban J connectivity index is 1.35. The number of fused-ring (bicyclic) bond motifs is 1. The second kappa shape index (κ2) is 17.0. The Morgan fingerprint density at radius 3 is 2.00 bits per heavy atom. The minimum Gasteiger partial charge on any atom is -0.497 e. The smallest absolute Gasteiger partial charge is 0.418 e. The average Bonchev–Trinajstić information content (AvgIpc) is 3.67. The summed E-state index contributed by atoms with van der Waals surface area (Å²) in [6.45, 7) is 6.61. The van der Waals surface area contributed by atoms with Gasteiger partial charge in [0.2, 0.25) is 0 Å². The summed E-state index contributed by atoms with van der Waals surface area (Å²) >= 11 is 6.99. The fraction of sp³-hybridized carbons (Fsp3) is 0.395. The zero-order valence-electron chi connectivity index (χ0n) is 33.6. The van der Waals surface area contributed by atoms with Crippen LogP contribution in [-0.4, -0.2) is 102 Å². The van der Waals surface area contributed by atoms with E-state index in [9.17, 15) is 23.1 Å². The van der Waals surface area contributed by atoms with Crippen molar-refractivity contribution in [3.8, 4) is 28.8 Å². The molecule has 7 rings (SSSR count). The first-order valence-corrected chi connectivity index (χ1v) is 19.7. The van der Waals surface area contributed by atoms with Crippen molar-refractivity contribution in [3.05, 3.63) is 94.5 Å². The number of carboxylic acid groups (broad SMARTS) is 1. The molecule has 0 radical (unpaired) electrons. The van der Waals surface area contributed by atoms with Gasteiger partial charge >= 0.3 is 18.3 Å². The highest BCUT2D eigenvalue weighted by molar-refractivity contribution is 6.34. The van der Waals surface area contributed by atoms with Gasteiger partial charge in [0, 0.05) is 56.3 Å². The van der Waals surface area contributed by atoms with Gasteiger partial charge in [0.15, 0.2) is 0 Å². The highest BCUT2D eigenvalue weighted by Crippen LogP contribution is 2.43. The summed E-state index contributed by atoms with van der Waals surface area (Å²) in [6.07, 6.45) is -3.86. The molecule has 59 heavy (non-hydrogen) atoms. The molecule has 2 aliphatic heterocycles. The zero-order valence-corrected chi connectivity index (χ0v) is 34.3. The third kappa shape index (κ3) is 9.21. The van der Waals surface area contributed by atoms with Gasteiger partial charge in [-0.2, -0.15) is 23.1 Å². The normalized spacial score (nSPS) is 16.4. The molecule has 4 heterocycles. The molecule has 3 aromatic carbocycles. The van der Waals surface area contributed by atoms with Crippen LogP contribution in [0.2, 0.25) is 5.02 Å². The van der Waals surface area contributed by atoms with Gasteiger partial charge in [-0.05, 0) is 99.9 Å². The number of benzene rings is 3. The number of anilines is 2. The van der Waals surface area contributed by atoms with Crippen LogP contribution in [0.15, 0.2) is 72.8 Å². The lowest BCUT2D eigenvalue weighted by molar-refractivity contribution is -0.137. The molecular weight excluding hydrogens is 787 g/mol.